The molecule has 2 atom stereocenters. The van der Waals surface area contributed by atoms with E-state index >= 15 is 0 Å². The third kappa shape index (κ3) is 5.72. The van der Waals surface area contributed by atoms with E-state index in [1.807, 2.05) is 102 Å². The highest BCUT2D eigenvalue weighted by atomic mass is 16.2. The second-order valence-electron chi connectivity index (χ2n) is 10.9. The Morgan fingerprint density at radius 2 is 1.45 bits per heavy atom. The van der Waals surface area contributed by atoms with Gasteiger partial charge in [0.15, 0.2) is 0 Å². The van der Waals surface area contributed by atoms with Crippen LogP contribution in [-0.4, -0.2) is 17.9 Å². The highest BCUT2D eigenvalue weighted by molar-refractivity contribution is 6.09. The summed E-state index contributed by atoms with van der Waals surface area (Å²) in [5.74, 6) is -0.0497. The van der Waals surface area contributed by atoms with E-state index in [2.05, 4.69) is 32.0 Å². The van der Waals surface area contributed by atoms with Gasteiger partial charge in [-0.2, -0.15) is 0 Å². The molecule has 40 heavy (non-hydrogen) atoms. The van der Waals surface area contributed by atoms with Crippen LogP contribution in [0.2, 0.25) is 0 Å². The number of fused-ring (bicyclic) bond motifs is 1. The summed E-state index contributed by atoms with van der Waals surface area (Å²) >= 11 is 0. The fourth-order valence-corrected chi connectivity index (χ4v) is 5.73. The van der Waals surface area contributed by atoms with Gasteiger partial charge in [0.1, 0.15) is 0 Å². The zero-order valence-electron chi connectivity index (χ0n) is 23.7. The van der Waals surface area contributed by atoms with E-state index in [-0.39, 0.29) is 23.9 Å². The molecular formula is C36H38N2O2. The molecule has 4 heteroatoms. The fraction of sp³-hybridized carbons (Fsp3) is 0.278. The lowest BCUT2D eigenvalue weighted by atomic mass is 9.89. The molecule has 0 saturated carbocycles. The van der Waals surface area contributed by atoms with Gasteiger partial charge in [-0.1, -0.05) is 86.0 Å². The molecule has 4 aromatic carbocycles. The van der Waals surface area contributed by atoms with Crippen molar-refractivity contribution in [3.8, 4) is 0 Å². The third-order valence-corrected chi connectivity index (χ3v) is 7.91. The normalized spacial score (nSPS) is 16.3. The van der Waals surface area contributed by atoms with Crippen molar-refractivity contribution in [1.82, 2.24) is 0 Å². The van der Waals surface area contributed by atoms with Gasteiger partial charge < -0.3 is 9.80 Å². The van der Waals surface area contributed by atoms with Crippen molar-refractivity contribution in [3.63, 3.8) is 0 Å². The van der Waals surface area contributed by atoms with Crippen molar-refractivity contribution in [2.24, 2.45) is 0 Å². The number of nitrogens with zero attached hydrogens (tertiary/aromatic N) is 2. The first-order chi connectivity index (χ1) is 19.5. The van der Waals surface area contributed by atoms with Crippen LogP contribution in [0.5, 0.6) is 0 Å². The number of aryl methyl sites for hydroxylation is 2. The molecule has 5 rings (SSSR count). The van der Waals surface area contributed by atoms with Gasteiger partial charge in [0.05, 0.1) is 6.04 Å². The molecule has 1 heterocycles. The molecule has 0 radical (unpaired) electrons. The van der Waals surface area contributed by atoms with Crippen LogP contribution in [0.3, 0.4) is 0 Å². The molecule has 0 aromatic heterocycles. The number of unbranched alkanes of at least 4 members (excludes halogenated alkanes) is 2. The molecule has 0 spiro atoms. The van der Waals surface area contributed by atoms with Crippen molar-refractivity contribution in [3.05, 3.63) is 131 Å². The highest BCUT2D eigenvalue weighted by Gasteiger charge is 2.39. The van der Waals surface area contributed by atoms with Gasteiger partial charge in [-0.3, -0.25) is 9.59 Å². The van der Waals surface area contributed by atoms with Crippen molar-refractivity contribution in [2.45, 2.75) is 65.0 Å². The summed E-state index contributed by atoms with van der Waals surface area (Å²) < 4.78 is 0. The first-order valence-electron chi connectivity index (χ1n) is 14.4. The number of hydrogen-bond acceptors (Lipinski definition) is 2. The van der Waals surface area contributed by atoms with E-state index in [1.165, 1.54) is 18.4 Å². The summed E-state index contributed by atoms with van der Waals surface area (Å²) in [6, 6.07) is 33.4. The van der Waals surface area contributed by atoms with E-state index in [0.717, 1.165) is 35.3 Å². The Kier molecular flexibility index (Phi) is 8.45. The summed E-state index contributed by atoms with van der Waals surface area (Å²) in [5.41, 5.74) is 6.41. The Balaban J connectivity index is 1.52. The molecule has 4 nitrogen and oxygen atoms in total. The molecule has 1 aliphatic heterocycles. The van der Waals surface area contributed by atoms with Crippen LogP contribution in [0.4, 0.5) is 11.4 Å². The van der Waals surface area contributed by atoms with Gasteiger partial charge in [-0.25, -0.2) is 0 Å². The molecule has 0 aliphatic carbocycles. The summed E-state index contributed by atoms with van der Waals surface area (Å²) in [7, 11) is 0. The maximum absolute atomic E-state index is 14.2. The predicted molar refractivity (Wildman–Crippen MR) is 164 cm³/mol. The Morgan fingerprint density at radius 3 is 2.15 bits per heavy atom. The summed E-state index contributed by atoms with van der Waals surface area (Å²) in [6.45, 7) is 6.31. The second kappa shape index (κ2) is 12.3. The zero-order valence-corrected chi connectivity index (χ0v) is 23.7. The van der Waals surface area contributed by atoms with E-state index in [1.54, 1.807) is 0 Å². The lowest BCUT2D eigenvalue weighted by molar-refractivity contribution is 0.0965. The summed E-state index contributed by atoms with van der Waals surface area (Å²) in [6.07, 6.45) is 5.23. The van der Waals surface area contributed by atoms with Gasteiger partial charge in [0.2, 0.25) is 0 Å². The van der Waals surface area contributed by atoms with Crippen LogP contribution < -0.4 is 9.80 Å². The first-order valence-corrected chi connectivity index (χ1v) is 14.4. The molecule has 0 N–H and O–H groups in total. The average Bonchev–Trinajstić information content (AvgIpc) is 2.98. The van der Waals surface area contributed by atoms with Gasteiger partial charge in [-0.15, -0.1) is 0 Å². The van der Waals surface area contributed by atoms with E-state index in [9.17, 15) is 9.59 Å². The molecule has 0 fully saturated rings. The van der Waals surface area contributed by atoms with Gasteiger partial charge >= 0.3 is 0 Å². The van der Waals surface area contributed by atoms with Crippen LogP contribution in [0.25, 0.3) is 0 Å². The van der Waals surface area contributed by atoms with Crippen LogP contribution in [0.15, 0.2) is 103 Å². The van der Waals surface area contributed by atoms with Crippen LogP contribution >= 0.6 is 0 Å². The largest absolute Gasteiger partial charge is 0.305 e. The minimum absolute atomic E-state index is 0.0188. The molecule has 1 aliphatic rings. The Labute approximate surface area is 238 Å². The molecular weight excluding hydrogens is 492 g/mol. The average molecular weight is 531 g/mol. The number of hydrogen-bond donors (Lipinski definition) is 0. The maximum Gasteiger partial charge on any atom is 0.258 e. The SMILES string of the molecule is CCCCCc1ccc(C(=O)N(c2ccccc2)[C@H]2C[C@H](C)N(C(=O)c3ccc(C)cc3)c3ccccc32)cc1. The molecule has 0 unspecified atom stereocenters. The summed E-state index contributed by atoms with van der Waals surface area (Å²) in [5, 5.41) is 0. The molecule has 204 valence electrons. The predicted octanol–water partition coefficient (Wildman–Crippen LogP) is 8.55. The number of rotatable bonds is 8. The van der Waals surface area contributed by atoms with E-state index in [0.29, 0.717) is 17.5 Å². The Morgan fingerprint density at radius 1 is 0.800 bits per heavy atom. The van der Waals surface area contributed by atoms with Crippen molar-refractivity contribution >= 4 is 23.2 Å². The number of anilines is 2. The number of benzene rings is 4. The second-order valence-corrected chi connectivity index (χ2v) is 10.9. The van der Waals surface area contributed by atoms with Gasteiger partial charge in [-0.05, 0) is 86.7 Å². The lowest BCUT2D eigenvalue weighted by Gasteiger charge is -2.43. The van der Waals surface area contributed by atoms with Gasteiger partial charge in [0.25, 0.3) is 11.8 Å². The topological polar surface area (TPSA) is 40.6 Å². The third-order valence-electron chi connectivity index (χ3n) is 7.91. The smallest absolute Gasteiger partial charge is 0.258 e. The highest BCUT2D eigenvalue weighted by Crippen LogP contribution is 2.43. The fourth-order valence-electron chi connectivity index (χ4n) is 5.73. The minimum atomic E-state index is -0.215. The number of carbonyl (C=O) groups excluding carboxylic acids is 2. The maximum atomic E-state index is 14.2. The lowest BCUT2D eigenvalue weighted by Crippen LogP contribution is -2.47. The van der Waals surface area contributed by atoms with E-state index in [4.69, 9.17) is 0 Å². The molecule has 0 bridgehead atoms. The van der Waals surface area contributed by atoms with Crippen molar-refractivity contribution in [2.75, 3.05) is 9.80 Å². The van der Waals surface area contributed by atoms with Crippen molar-refractivity contribution < 1.29 is 9.59 Å². The first kappa shape index (κ1) is 27.4. The monoisotopic (exact) mass is 530 g/mol. The van der Waals surface area contributed by atoms with E-state index < -0.39 is 0 Å². The quantitative estimate of drug-likeness (QED) is 0.214. The minimum Gasteiger partial charge on any atom is -0.305 e. The number of amides is 2. The Bertz CT molecular complexity index is 1440. The van der Waals surface area contributed by atoms with Crippen LogP contribution in [-0.2, 0) is 6.42 Å². The van der Waals surface area contributed by atoms with Crippen LogP contribution in [0.1, 0.15) is 83.0 Å². The number of carbonyl (C=O) groups is 2. The standard InChI is InChI=1S/C36H38N2O2/c1-4-5-7-12-28-19-23-30(24-20-28)36(40)38(31-13-8-6-9-14-31)34-25-27(3)37(33-16-11-10-15-32(33)34)35(39)29-21-17-26(2)18-22-29/h6,8-11,13-24,27,34H,4-5,7,12,25H2,1-3H3/t27-,34-/m0/s1. The molecule has 0 saturated heterocycles. The number of para-hydroxylation sites is 2. The molecule has 4 aromatic rings. The molecule has 2 amide bonds. The zero-order chi connectivity index (χ0) is 28.1. The van der Waals surface area contributed by atoms with Crippen LogP contribution in [0, 0.1) is 6.92 Å². The van der Waals surface area contributed by atoms with Gasteiger partial charge in [0, 0.05) is 28.5 Å². The summed E-state index contributed by atoms with van der Waals surface area (Å²) in [4.78, 5) is 31.8. The van der Waals surface area contributed by atoms with Crippen molar-refractivity contribution in [1.29, 1.82) is 0 Å². The Hall–Kier alpha value is -4.18.